The van der Waals surface area contributed by atoms with Crippen molar-refractivity contribution in [2.75, 3.05) is 32.1 Å². The highest BCUT2D eigenvalue weighted by Gasteiger charge is 2.28. The van der Waals surface area contributed by atoms with Crippen molar-refractivity contribution in [2.45, 2.75) is 12.1 Å². The van der Waals surface area contributed by atoms with E-state index >= 15 is 0 Å². The van der Waals surface area contributed by atoms with Crippen LogP contribution in [0.3, 0.4) is 0 Å². The Bertz CT molecular complexity index is 713. The molecule has 0 amide bonds. The van der Waals surface area contributed by atoms with Gasteiger partial charge in [0.15, 0.2) is 5.69 Å². The fourth-order valence-electron chi connectivity index (χ4n) is 2.69. The lowest BCUT2D eigenvalue weighted by Crippen LogP contribution is -2.44. The minimum atomic E-state index is -0.0905. The van der Waals surface area contributed by atoms with Crippen LogP contribution in [-0.2, 0) is 4.74 Å². The van der Waals surface area contributed by atoms with Crippen LogP contribution >= 0.6 is 11.6 Å². The number of rotatable bonds is 4. The van der Waals surface area contributed by atoms with Crippen molar-refractivity contribution in [3.8, 4) is 6.07 Å². The predicted molar refractivity (Wildman–Crippen MR) is 91.8 cm³/mol. The van der Waals surface area contributed by atoms with E-state index in [0.29, 0.717) is 17.4 Å². The highest BCUT2D eigenvalue weighted by Crippen LogP contribution is 2.27. The van der Waals surface area contributed by atoms with Crippen molar-refractivity contribution in [1.82, 2.24) is 14.9 Å². The number of ether oxygens (including phenoxy) is 1. The molecule has 0 saturated carbocycles. The lowest BCUT2D eigenvalue weighted by Gasteiger charge is -2.36. The van der Waals surface area contributed by atoms with E-state index in [1.54, 1.807) is 6.20 Å². The van der Waals surface area contributed by atoms with Gasteiger partial charge in [0.2, 0.25) is 0 Å². The van der Waals surface area contributed by atoms with Gasteiger partial charge < -0.3 is 15.0 Å². The van der Waals surface area contributed by atoms with E-state index in [2.05, 4.69) is 27.2 Å². The second-order valence-corrected chi connectivity index (χ2v) is 6.18. The molecule has 24 heavy (non-hydrogen) atoms. The maximum atomic E-state index is 8.84. The van der Waals surface area contributed by atoms with E-state index in [1.165, 1.54) is 6.20 Å². The number of nitrogens with zero attached hydrogens (tertiary/aromatic N) is 4. The molecule has 1 N–H and O–H groups in total. The summed E-state index contributed by atoms with van der Waals surface area (Å²) in [7, 11) is 2.08. The van der Waals surface area contributed by atoms with Crippen LogP contribution < -0.4 is 5.32 Å². The van der Waals surface area contributed by atoms with Crippen molar-refractivity contribution in [3.63, 3.8) is 0 Å². The third-order valence-corrected chi connectivity index (χ3v) is 4.22. The Morgan fingerprint density at radius 1 is 1.33 bits per heavy atom. The summed E-state index contributed by atoms with van der Waals surface area (Å²) in [5.41, 5.74) is 1.35. The van der Waals surface area contributed by atoms with Gasteiger partial charge in [-0.1, -0.05) is 23.7 Å². The zero-order valence-corrected chi connectivity index (χ0v) is 14.1. The van der Waals surface area contributed by atoms with Crippen LogP contribution in [0, 0.1) is 11.3 Å². The monoisotopic (exact) mass is 343 g/mol. The van der Waals surface area contributed by atoms with E-state index in [9.17, 15) is 0 Å². The van der Waals surface area contributed by atoms with Crippen LogP contribution in [0.2, 0.25) is 5.02 Å². The van der Waals surface area contributed by atoms with E-state index in [0.717, 1.165) is 18.7 Å². The molecule has 0 unspecified atom stereocenters. The Labute approximate surface area is 146 Å². The average Bonchev–Trinajstić information content (AvgIpc) is 2.61. The molecule has 2 aromatic rings. The Morgan fingerprint density at radius 2 is 2.12 bits per heavy atom. The molecule has 1 fully saturated rings. The van der Waals surface area contributed by atoms with Crippen molar-refractivity contribution in [3.05, 3.63) is 52.9 Å². The van der Waals surface area contributed by atoms with Crippen LogP contribution in [0.1, 0.15) is 17.3 Å². The second kappa shape index (κ2) is 7.58. The highest BCUT2D eigenvalue weighted by molar-refractivity contribution is 6.30. The second-order valence-electron chi connectivity index (χ2n) is 5.74. The van der Waals surface area contributed by atoms with E-state index in [4.69, 9.17) is 21.6 Å². The summed E-state index contributed by atoms with van der Waals surface area (Å²) in [5, 5.41) is 12.9. The lowest BCUT2D eigenvalue weighted by molar-refractivity contribution is -0.0292. The number of morpholine rings is 1. The van der Waals surface area contributed by atoms with Crippen molar-refractivity contribution in [2.24, 2.45) is 0 Å². The van der Waals surface area contributed by atoms with Crippen LogP contribution in [0.25, 0.3) is 0 Å². The summed E-state index contributed by atoms with van der Waals surface area (Å²) in [6.45, 7) is 2.41. The fourth-order valence-corrected chi connectivity index (χ4v) is 2.82. The van der Waals surface area contributed by atoms with Gasteiger partial charge >= 0.3 is 0 Å². The zero-order chi connectivity index (χ0) is 16.9. The van der Waals surface area contributed by atoms with Crippen LogP contribution in [0.15, 0.2) is 36.7 Å². The number of hydrogen-bond donors (Lipinski definition) is 1. The standard InChI is InChI=1S/C17H18ClN5O/c1-23-6-7-24-15(11-23)17(12-2-4-13(18)5-3-12)22-16-10-20-14(8-19)9-21-16/h2-5,9-10,15,17H,6-7,11H2,1H3,(H,21,22)/t15-,17-/m0/s1. The summed E-state index contributed by atoms with van der Waals surface area (Å²) in [6.07, 6.45) is 2.99. The van der Waals surface area contributed by atoms with E-state index in [-0.39, 0.29) is 17.8 Å². The largest absolute Gasteiger partial charge is 0.373 e. The Morgan fingerprint density at radius 3 is 2.75 bits per heavy atom. The number of nitriles is 1. The first-order valence-electron chi connectivity index (χ1n) is 7.70. The number of nitrogens with one attached hydrogen (secondary N) is 1. The van der Waals surface area contributed by atoms with Crippen molar-refractivity contribution < 1.29 is 4.74 Å². The highest BCUT2D eigenvalue weighted by atomic mass is 35.5. The molecular weight excluding hydrogens is 326 g/mol. The Kier molecular flexibility index (Phi) is 5.26. The Hall–Kier alpha value is -2.20. The van der Waals surface area contributed by atoms with Gasteiger partial charge in [-0.15, -0.1) is 0 Å². The number of aromatic nitrogens is 2. The van der Waals surface area contributed by atoms with Gasteiger partial charge in [0.05, 0.1) is 31.1 Å². The van der Waals surface area contributed by atoms with Crippen LogP contribution in [-0.4, -0.2) is 47.7 Å². The summed E-state index contributed by atoms with van der Waals surface area (Å²) < 4.78 is 5.97. The molecule has 3 rings (SSSR count). The summed E-state index contributed by atoms with van der Waals surface area (Å²) >= 11 is 6.01. The van der Waals surface area contributed by atoms with Crippen LogP contribution in [0.4, 0.5) is 5.82 Å². The molecule has 0 radical (unpaired) electrons. The maximum Gasteiger partial charge on any atom is 0.158 e. The number of benzene rings is 1. The Balaban J connectivity index is 1.85. The van der Waals surface area contributed by atoms with Gasteiger partial charge in [0.25, 0.3) is 0 Å². The quantitative estimate of drug-likeness (QED) is 0.919. The summed E-state index contributed by atoms with van der Waals surface area (Å²) in [6, 6.07) is 9.57. The first kappa shape index (κ1) is 16.7. The number of halogens is 1. The van der Waals surface area contributed by atoms with Crippen molar-refractivity contribution >= 4 is 17.4 Å². The molecule has 6 nitrogen and oxygen atoms in total. The van der Waals surface area contributed by atoms with Crippen LogP contribution in [0.5, 0.6) is 0 Å². The molecule has 1 saturated heterocycles. The van der Waals surface area contributed by atoms with Gasteiger partial charge in [-0.25, -0.2) is 9.97 Å². The normalized spacial score (nSPS) is 19.5. The van der Waals surface area contributed by atoms with Gasteiger partial charge in [-0.3, -0.25) is 0 Å². The third-order valence-electron chi connectivity index (χ3n) is 3.97. The van der Waals surface area contributed by atoms with Gasteiger partial charge in [0.1, 0.15) is 11.9 Å². The molecule has 0 aliphatic carbocycles. The fraction of sp³-hybridized carbons (Fsp3) is 0.353. The van der Waals surface area contributed by atoms with Gasteiger partial charge in [-0.05, 0) is 24.7 Å². The number of hydrogen-bond acceptors (Lipinski definition) is 6. The molecule has 1 aliphatic rings. The predicted octanol–water partition coefficient (Wildman–Crippen LogP) is 2.49. The molecule has 1 aliphatic heterocycles. The van der Waals surface area contributed by atoms with Gasteiger partial charge in [-0.2, -0.15) is 5.26 Å². The smallest absolute Gasteiger partial charge is 0.158 e. The molecule has 2 heterocycles. The molecule has 2 atom stereocenters. The van der Waals surface area contributed by atoms with Gasteiger partial charge in [0, 0.05) is 18.1 Å². The summed E-state index contributed by atoms with van der Waals surface area (Å²) in [4.78, 5) is 10.6. The SMILES string of the molecule is CN1CCO[C@H]([C@@H](Nc2cnc(C#N)cn2)c2ccc(Cl)cc2)C1. The minimum absolute atomic E-state index is 0.0256. The van der Waals surface area contributed by atoms with E-state index in [1.807, 2.05) is 30.3 Å². The maximum absolute atomic E-state index is 8.84. The molecule has 0 spiro atoms. The third kappa shape index (κ3) is 4.01. The first-order chi connectivity index (χ1) is 11.7. The average molecular weight is 344 g/mol. The molecule has 0 bridgehead atoms. The van der Waals surface area contributed by atoms with Crippen molar-refractivity contribution in [1.29, 1.82) is 5.26 Å². The molecule has 124 valence electrons. The first-order valence-corrected chi connectivity index (χ1v) is 8.08. The summed E-state index contributed by atoms with van der Waals surface area (Å²) in [5.74, 6) is 0.603. The van der Waals surface area contributed by atoms with E-state index < -0.39 is 0 Å². The molecule has 1 aromatic carbocycles. The topological polar surface area (TPSA) is 74.1 Å². The molecule has 1 aromatic heterocycles. The number of anilines is 1. The lowest BCUT2D eigenvalue weighted by atomic mass is 10.00. The molecular formula is C17H18ClN5O. The zero-order valence-electron chi connectivity index (χ0n) is 13.3. The molecule has 7 heteroatoms. The number of likely N-dealkylation sites (N-methyl/N-ethyl adjacent to an activating group) is 1. The minimum Gasteiger partial charge on any atom is -0.373 e.